The Kier molecular flexibility index (Phi) is 7.41. The number of hydrogen-bond acceptors (Lipinski definition) is 5. The van der Waals surface area contributed by atoms with Gasteiger partial charge in [0.15, 0.2) is 6.61 Å². The number of carbonyl (C=O) groups excluding carboxylic acids is 2. The summed E-state index contributed by atoms with van der Waals surface area (Å²) in [5.41, 5.74) is 3.39. The SMILES string of the molecule is CCC(NC(=O)c1csc(-c2ccc(C)cc2)n1)c1ccccc1OCC(=O)N(C)C. The van der Waals surface area contributed by atoms with Crippen molar-refractivity contribution < 1.29 is 14.3 Å². The lowest BCUT2D eigenvalue weighted by atomic mass is 10.0. The molecule has 2 aromatic carbocycles. The van der Waals surface area contributed by atoms with E-state index >= 15 is 0 Å². The predicted molar refractivity (Wildman–Crippen MR) is 123 cm³/mol. The Bertz CT molecular complexity index is 1040. The van der Waals surface area contributed by atoms with Crippen LogP contribution in [0.1, 0.15) is 41.0 Å². The van der Waals surface area contributed by atoms with Crippen LogP contribution in [-0.4, -0.2) is 42.4 Å². The highest BCUT2D eigenvalue weighted by molar-refractivity contribution is 7.13. The Morgan fingerprint density at radius 2 is 1.84 bits per heavy atom. The van der Waals surface area contributed by atoms with Gasteiger partial charge in [-0.05, 0) is 19.4 Å². The van der Waals surface area contributed by atoms with E-state index < -0.39 is 0 Å². The molecule has 0 radical (unpaired) electrons. The van der Waals surface area contributed by atoms with Crippen LogP contribution in [0, 0.1) is 6.92 Å². The summed E-state index contributed by atoms with van der Waals surface area (Å²) in [6, 6.07) is 15.3. The second kappa shape index (κ2) is 10.2. The number of amides is 2. The van der Waals surface area contributed by atoms with Gasteiger partial charge in [0.1, 0.15) is 16.5 Å². The van der Waals surface area contributed by atoms with Crippen molar-refractivity contribution in [1.82, 2.24) is 15.2 Å². The molecule has 0 aliphatic heterocycles. The summed E-state index contributed by atoms with van der Waals surface area (Å²) < 4.78 is 5.75. The molecule has 1 unspecified atom stereocenters. The number of ether oxygens (including phenoxy) is 1. The number of nitrogens with one attached hydrogen (secondary N) is 1. The molecule has 0 fully saturated rings. The Labute approximate surface area is 186 Å². The van der Waals surface area contributed by atoms with Crippen molar-refractivity contribution in [2.45, 2.75) is 26.3 Å². The van der Waals surface area contributed by atoms with Gasteiger partial charge in [-0.25, -0.2) is 4.98 Å². The van der Waals surface area contributed by atoms with Gasteiger partial charge in [-0.3, -0.25) is 9.59 Å². The zero-order valence-electron chi connectivity index (χ0n) is 18.2. The molecule has 1 aromatic heterocycles. The second-order valence-corrected chi connectivity index (χ2v) is 8.31. The Morgan fingerprint density at radius 1 is 1.13 bits per heavy atom. The molecule has 3 rings (SSSR count). The van der Waals surface area contributed by atoms with Crippen LogP contribution < -0.4 is 10.1 Å². The highest BCUT2D eigenvalue weighted by Gasteiger charge is 2.20. The molecule has 0 saturated carbocycles. The molecule has 1 heterocycles. The van der Waals surface area contributed by atoms with Crippen molar-refractivity contribution in [3.8, 4) is 16.3 Å². The quantitative estimate of drug-likeness (QED) is 0.565. The van der Waals surface area contributed by atoms with E-state index in [1.807, 2.05) is 62.4 Å². The van der Waals surface area contributed by atoms with E-state index in [1.165, 1.54) is 21.8 Å². The summed E-state index contributed by atoms with van der Waals surface area (Å²) >= 11 is 1.45. The Morgan fingerprint density at radius 3 is 2.52 bits per heavy atom. The molecule has 31 heavy (non-hydrogen) atoms. The van der Waals surface area contributed by atoms with Gasteiger partial charge < -0.3 is 15.0 Å². The number of aryl methyl sites for hydroxylation is 1. The first-order chi connectivity index (χ1) is 14.9. The van der Waals surface area contributed by atoms with Crippen LogP contribution in [0.15, 0.2) is 53.9 Å². The van der Waals surface area contributed by atoms with Crippen LogP contribution in [0.25, 0.3) is 10.6 Å². The van der Waals surface area contributed by atoms with Gasteiger partial charge in [-0.2, -0.15) is 0 Å². The summed E-state index contributed by atoms with van der Waals surface area (Å²) in [4.78, 5) is 30.8. The van der Waals surface area contributed by atoms with Gasteiger partial charge in [0.2, 0.25) is 0 Å². The highest BCUT2D eigenvalue weighted by Crippen LogP contribution is 2.28. The number of thiazole rings is 1. The molecule has 3 aromatic rings. The zero-order valence-corrected chi connectivity index (χ0v) is 19.0. The van der Waals surface area contributed by atoms with Crippen molar-refractivity contribution in [2.75, 3.05) is 20.7 Å². The van der Waals surface area contributed by atoms with Crippen molar-refractivity contribution in [2.24, 2.45) is 0 Å². The van der Waals surface area contributed by atoms with Crippen LogP contribution in [0.2, 0.25) is 0 Å². The lowest BCUT2D eigenvalue weighted by Crippen LogP contribution is -2.30. The highest BCUT2D eigenvalue weighted by atomic mass is 32.1. The average Bonchev–Trinajstić information content (AvgIpc) is 3.27. The predicted octanol–water partition coefficient (Wildman–Crippen LogP) is 4.47. The molecular weight excluding hydrogens is 410 g/mol. The van der Waals surface area contributed by atoms with E-state index in [-0.39, 0.29) is 24.5 Å². The van der Waals surface area contributed by atoms with Gasteiger partial charge >= 0.3 is 0 Å². The van der Waals surface area contributed by atoms with Crippen molar-refractivity contribution in [1.29, 1.82) is 0 Å². The lowest BCUT2D eigenvalue weighted by Gasteiger charge is -2.20. The summed E-state index contributed by atoms with van der Waals surface area (Å²) in [7, 11) is 3.37. The van der Waals surface area contributed by atoms with E-state index in [4.69, 9.17) is 4.74 Å². The Balaban J connectivity index is 1.73. The monoisotopic (exact) mass is 437 g/mol. The van der Waals surface area contributed by atoms with Crippen LogP contribution in [0.4, 0.5) is 0 Å². The lowest BCUT2D eigenvalue weighted by molar-refractivity contribution is -0.130. The fourth-order valence-corrected chi connectivity index (χ4v) is 3.81. The maximum absolute atomic E-state index is 12.9. The largest absolute Gasteiger partial charge is 0.483 e. The summed E-state index contributed by atoms with van der Waals surface area (Å²) in [5, 5.41) is 5.64. The maximum atomic E-state index is 12.9. The minimum atomic E-state index is -0.261. The first-order valence-electron chi connectivity index (χ1n) is 10.1. The maximum Gasteiger partial charge on any atom is 0.271 e. The fraction of sp³-hybridized carbons (Fsp3) is 0.292. The molecule has 1 N–H and O–H groups in total. The van der Waals surface area contributed by atoms with Crippen LogP contribution in [0.5, 0.6) is 5.75 Å². The zero-order chi connectivity index (χ0) is 22.4. The molecule has 0 aliphatic rings. The van der Waals surface area contributed by atoms with Crippen LogP contribution >= 0.6 is 11.3 Å². The molecular formula is C24H27N3O3S. The first-order valence-corrected chi connectivity index (χ1v) is 11.0. The van der Waals surface area contributed by atoms with Crippen molar-refractivity contribution in [3.05, 3.63) is 70.7 Å². The minimum absolute atomic E-state index is 0.0552. The normalized spacial score (nSPS) is 11.6. The third-order valence-corrected chi connectivity index (χ3v) is 5.78. The van der Waals surface area contributed by atoms with Crippen LogP contribution in [0.3, 0.4) is 0 Å². The van der Waals surface area contributed by atoms with Crippen LogP contribution in [-0.2, 0) is 4.79 Å². The third-order valence-electron chi connectivity index (χ3n) is 4.89. The van der Waals surface area contributed by atoms with Gasteiger partial charge in [0, 0.05) is 30.6 Å². The number of aromatic nitrogens is 1. The second-order valence-electron chi connectivity index (χ2n) is 7.45. The summed E-state index contributed by atoms with van der Waals surface area (Å²) in [5.74, 6) is 0.224. The fourth-order valence-electron chi connectivity index (χ4n) is 3.01. The van der Waals surface area contributed by atoms with Gasteiger partial charge in [0.25, 0.3) is 11.8 Å². The van der Waals surface area contributed by atoms with Gasteiger partial charge in [-0.15, -0.1) is 11.3 Å². The molecule has 0 saturated heterocycles. The van der Waals surface area contributed by atoms with E-state index in [2.05, 4.69) is 10.3 Å². The number of hydrogen-bond donors (Lipinski definition) is 1. The molecule has 0 bridgehead atoms. The topological polar surface area (TPSA) is 71.5 Å². The van der Waals surface area contributed by atoms with E-state index in [0.29, 0.717) is 17.9 Å². The number of nitrogens with zero attached hydrogens (tertiary/aromatic N) is 2. The summed E-state index contributed by atoms with van der Waals surface area (Å²) in [6.07, 6.45) is 0.669. The van der Waals surface area contributed by atoms with E-state index in [9.17, 15) is 9.59 Å². The number of likely N-dealkylation sites (N-methyl/N-ethyl adjacent to an activating group) is 1. The number of carbonyl (C=O) groups is 2. The molecule has 7 heteroatoms. The summed E-state index contributed by atoms with van der Waals surface area (Å²) in [6.45, 7) is 3.97. The molecule has 162 valence electrons. The van der Waals surface area contributed by atoms with E-state index in [0.717, 1.165) is 16.1 Å². The molecule has 1 atom stereocenters. The third kappa shape index (κ3) is 5.70. The first kappa shape index (κ1) is 22.5. The van der Waals surface area contributed by atoms with Crippen molar-refractivity contribution >= 4 is 23.2 Å². The standard InChI is InChI=1S/C24H27N3O3S/c1-5-19(18-8-6-7-9-21(18)30-14-22(28)27(3)4)25-23(29)20-15-31-24(26-20)17-12-10-16(2)11-13-17/h6-13,15,19H,5,14H2,1-4H3,(H,25,29). The molecule has 0 aliphatic carbocycles. The van der Waals surface area contributed by atoms with E-state index in [1.54, 1.807) is 19.5 Å². The number of para-hydroxylation sites is 1. The average molecular weight is 438 g/mol. The molecule has 2 amide bonds. The van der Waals surface area contributed by atoms with Crippen molar-refractivity contribution in [3.63, 3.8) is 0 Å². The number of benzene rings is 2. The molecule has 6 nitrogen and oxygen atoms in total. The van der Waals surface area contributed by atoms with Gasteiger partial charge in [-0.1, -0.05) is 55.0 Å². The molecule has 0 spiro atoms. The van der Waals surface area contributed by atoms with Gasteiger partial charge in [0.05, 0.1) is 6.04 Å². The Hall–Kier alpha value is -3.19. The smallest absolute Gasteiger partial charge is 0.271 e. The number of rotatable bonds is 8. The minimum Gasteiger partial charge on any atom is -0.483 e.